The Morgan fingerprint density at radius 3 is 1.28 bits per heavy atom. The highest BCUT2D eigenvalue weighted by molar-refractivity contribution is 5.57. The minimum absolute atomic E-state index is 0.148. The number of nitrogen functional groups attached to an aromatic ring is 2. The average molecular weight is 753 g/mol. The minimum atomic E-state index is -0.247. The van der Waals surface area contributed by atoms with Crippen molar-refractivity contribution in [3.8, 4) is 0 Å². The summed E-state index contributed by atoms with van der Waals surface area (Å²) in [6.07, 6.45) is 13.9. The van der Waals surface area contributed by atoms with Crippen LogP contribution in [0.1, 0.15) is 159 Å². The van der Waals surface area contributed by atoms with Gasteiger partial charge in [0.2, 0.25) is 0 Å². The molecule has 0 aromatic heterocycles. The first-order chi connectivity index (χ1) is 25.3. The molecule has 0 unspecified atom stereocenters. The van der Waals surface area contributed by atoms with Crippen LogP contribution >= 0.6 is 0 Å². The number of nitrogens with two attached hydrogens (primary N) is 2. The number of quaternary nitrogens is 2. The normalized spacial score (nSPS) is 11.2. The highest BCUT2D eigenvalue weighted by Gasteiger charge is 2.26. The fourth-order valence-electron chi connectivity index (χ4n) is 4.83. The van der Waals surface area contributed by atoms with Gasteiger partial charge in [0.05, 0.1) is 41.3 Å². The Bertz CT molecular complexity index is 1280. The fraction of sp³-hybridized carbons (Fsp3) is 0.600. The molecule has 54 heavy (non-hydrogen) atoms. The number of unbranched alkanes of at least 4 members (excludes halogenated alkanes) is 2. The molecule has 0 aliphatic carbocycles. The first kappa shape index (κ1) is 60.2. The SMILES string of the molecule is C=C(/C=C/C(C)=C/C=C(/C)C(C)(C)c1cc(C)ccc1N)C(C)(C)c1cc(C)ccc1N.CC.CC.CC.CC.CCCC[NH+](C)C.CCCC[NH+](C)C. The van der Waals surface area contributed by atoms with E-state index in [2.05, 4.69) is 147 Å². The van der Waals surface area contributed by atoms with E-state index in [9.17, 15) is 0 Å². The summed E-state index contributed by atoms with van der Waals surface area (Å²) in [7, 11) is 8.76. The fourth-order valence-corrected chi connectivity index (χ4v) is 4.83. The predicted octanol–water partition coefficient (Wildman–Crippen LogP) is 11.7. The Balaban J connectivity index is -0.000000299. The average Bonchev–Trinajstić information content (AvgIpc) is 3.16. The van der Waals surface area contributed by atoms with Crippen LogP contribution < -0.4 is 21.3 Å². The van der Waals surface area contributed by atoms with Crippen molar-refractivity contribution in [1.29, 1.82) is 0 Å². The molecule has 0 radical (unpaired) electrons. The predicted molar refractivity (Wildman–Crippen MR) is 254 cm³/mol. The van der Waals surface area contributed by atoms with E-state index in [4.69, 9.17) is 11.5 Å². The maximum absolute atomic E-state index is 6.29. The Labute approximate surface area is 340 Å². The number of aryl methyl sites for hydroxylation is 2. The van der Waals surface area contributed by atoms with Gasteiger partial charge < -0.3 is 21.3 Å². The molecule has 6 N–H and O–H groups in total. The molecule has 314 valence electrons. The second-order valence-electron chi connectivity index (χ2n) is 14.7. The number of hydrogen-bond donors (Lipinski definition) is 4. The van der Waals surface area contributed by atoms with Gasteiger partial charge in [-0.2, -0.15) is 0 Å². The number of rotatable bonds is 13. The van der Waals surface area contributed by atoms with E-state index < -0.39 is 0 Å². The van der Waals surface area contributed by atoms with Gasteiger partial charge in [-0.1, -0.05) is 187 Å². The summed E-state index contributed by atoms with van der Waals surface area (Å²) in [6.45, 7) is 44.7. The van der Waals surface area contributed by atoms with E-state index in [1.54, 1.807) is 9.80 Å². The molecule has 2 aromatic rings. The molecule has 0 fully saturated rings. The van der Waals surface area contributed by atoms with Crippen molar-refractivity contribution in [2.24, 2.45) is 0 Å². The lowest BCUT2D eigenvalue weighted by Gasteiger charge is -2.28. The lowest BCUT2D eigenvalue weighted by molar-refractivity contribution is -0.858. The van der Waals surface area contributed by atoms with Crippen molar-refractivity contribution >= 4 is 11.4 Å². The zero-order chi connectivity index (χ0) is 43.7. The second-order valence-corrected chi connectivity index (χ2v) is 14.7. The third kappa shape index (κ3) is 26.7. The summed E-state index contributed by atoms with van der Waals surface area (Å²) in [6, 6.07) is 12.4. The third-order valence-electron chi connectivity index (χ3n) is 8.76. The maximum atomic E-state index is 6.29. The van der Waals surface area contributed by atoms with Crippen molar-refractivity contribution < 1.29 is 9.80 Å². The van der Waals surface area contributed by atoms with E-state index in [1.807, 2.05) is 73.6 Å². The van der Waals surface area contributed by atoms with Crippen LogP contribution in [0, 0.1) is 13.8 Å². The Hall–Kier alpha value is -3.08. The molecule has 2 rings (SSSR count). The number of hydrogen-bond acceptors (Lipinski definition) is 2. The van der Waals surface area contributed by atoms with Gasteiger partial charge in [0.1, 0.15) is 0 Å². The number of benzene rings is 2. The molecule has 2 aromatic carbocycles. The summed E-state index contributed by atoms with van der Waals surface area (Å²) in [5, 5.41) is 0. The van der Waals surface area contributed by atoms with Crippen molar-refractivity contribution in [3.63, 3.8) is 0 Å². The molecule has 4 heteroatoms. The summed E-state index contributed by atoms with van der Waals surface area (Å²) in [4.78, 5) is 3.11. The molecule has 0 saturated heterocycles. The van der Waals surface area contributed by atoms with Crippen LogP contribution in [0.5, 0.6) is 0 Å². The van der Waals surface area contributed by atoms with Gasteiger partial charge in [-0.25, -0.2) is 0 Å². The Kier molecular flexibility index (Phi) is 39.7. The zero-order valence-electron chi connectivity index (χ0n) is 40.4. The smallest absolute Gasteiger partial charge is 0.0766 e. The highest BCUT2D eigenvalue weighted by atomic mass is 15.0. The van der Waals surface area contributed by atoms with Crippen molar-refractivity contribution in [3.05, 3.63) is 106 Å². The monoisotopic (exact) mass is 753 g/mol. The molecular formula is C50H96N4+2. The molecule has 0 aliphatic rings. The number of allylic oxidation sites excluding steroid dienone is 7. The van der Waals surface area contributed by atoms with Crippen LogP contribution in [0.4, 0.5) is 11.4 Å². The lowest BCUT2D eigenvalue weighted by Crippen LogP contribution is -3.05. The topological polar surface area (TPSA) is 60.9 Å². The number of nitrogens with one attached hydrogen (secondary N) is 2. The highest BCUT2D eigenvalue weighted by Crippen LogP contribution is 2.37. The molecule has 0 bridgehead atoms. The first-order valence-electron chi connectivity index (χ1n) is 21.3. The Morgan fingerprint density at radius 2 is 0.963 bits per heavy atom. The van der Waals surface area contributed by atoms with E-state index in [-0.39, 0.29) is 10.8 Å². The lowest BCUT2D eigenvalue weighted by atomic mass is 9.76. The maximum Gasteiger partial charge on any atom is 0.0766 e. The van der Waals surface area contributed by atoms with E-state index in [1.165, 1.54) is 61.0 Å². The molecule has 4 nitrogen and oxygen atoms in total. The van der Waals surface area contributed by atoms with Gasteiger partial charge in [-0.3, -0.25) is 0 Å². The standard InChI is InChI=1S/C30H40N2.2C6H15N.4C2H6/c1-20(10-14-23(4)29(6,7)25-18-21(2)12-16-27(25)31)11-15-24(5)30(8,9)26-19-22(3)13-17-28(26)32;2*1-4-5-6-7(2)3;4*1-2/h10-19H,4,31-32H2,1-3,5-9H3;2*4-6H2,1-3H3;4*1-2H3/p+2/b14-10+,20-11+,24-15-;;;;;;. The molecule has 0 heterocycles. The van der Waals surface area contributed by atoms with E-state index in [0.29, 0.717) is 0 Å². The van der Waals surface area contributed by atoms with Crippen LogP contribution in [0.3, 0.4) is 0 Å². The van der Waals surface area contributed by atoms with Crippen molar-refractivity contribution in [2.45, 2.75) is 161 Å². The first-order valence-corrected chi connectivity index (χ1v) is 21.3. The van der Waals surface area contributed by atoms with Crippen LogP contribution in [0.15, 0.2) is 84.0 Å². The molecule has 0 atom stereocenters. The third-order valence-corrected chi connectivity index (χ3v) is 8.76. The second kappa shape index (κ2) is 35.6. The van der Waals surface area contributed by atoms with Gasteiger partial charge in [0.25, 0.3) is 0 Å². The van der Waals surface area contributed by atoms with E-state index in [0.717, 1.165) is 28.1 Å². The van der Waals surface area contributed by atoms with Crippen LogP contribution in [0.25, 0.3) is 0 Å². The molecule has 0 spiro atoms. The summed E-state index contributed by atoms with van der Waals surface area (Å²) in [5.74, 6) is 0. The zero-order valence-corrected chi connectivity index (χ0v) is 40.4. The molecule has 0 saturated carbocycles. The largest absolute Gasteiger partial charge is 0.398 e. The van der Waals surface area contributed by atoms with Gasteiger partial charge in [0.15, 0.2) is 0 Å². The van der Waals surface area contributed by atoms with Crippen molar-refractivity contribution in [1.82, 2.24) is 0 Å². The van der Waals surface area contributed by atoms with Crippen molar-refractivity contribution in [2.75, 3.05) is 52.7 Å². The van der Waals surface area contributed by atoms with Gasteiger partial charge in [-0.15, -0.1) is 0 Å². The molecule has 0 amide bonds. The summed E-state index contributed by atoms with van der Waals surface area (Å²) in [5.41, 5.74) is 21.9. The quantitative estimate of drug-likeness (QED) is 0.122. The minimum Gasteiger partial charge on any atom is -0.398 e. The van der Waals surface area contributed by atoms with Crippen LogP contribution in [0.2, 0.25) is 0 Å². The summed E-state index contributed by atoms with van der Waals surface area (Å²) < 4.78 is 0. The van der Waals surface area contributed by atoms with Gasteiger partial charge in [0, 0.05) is 22.2 Å². The summed E-state index contributed by atoms with van der Waals surface area (Å²) >= 11 is 0. The number of anilines is 2. The van der Waals surface area contributed by atoms with Gasteiger partial charge >= 0.3 is 0 Å². The van der Waals surface area contributed by atoms with E-state index >= 15 is 0 Å². The molecular weight excluding hydrogens is 657 g/mol. The Morgan fingerprint density at radius 1 is 0.611 bits per heavy atom. The van der Waals surface area contributed by atoms with Crippen LogP contribution in [-0.4, -0.2) is 41.3 Å². The van der Waals surface area contributed by atoms with Crippen LogP contribution in [-0.2, 0) is 10.8 Å². The van der Waals surface area contributed by atoms with Gasteiger partial charge in [-0.05, 0) is 69.4 Å². The molecule has 0 aliphatic heterocycles.